The van der Waals surface area contributed by atoms with Crippen LogP contribution in [0.15, 0.2) is 150 Å². The summed E-state index contributed by atoms with van der Waals surface area (Å²) in [6.45, 7) is 21.6. The van der Waals surface area contributed by atoms with Gasteiger partial charge in [0.2, 0.25) is 0 Å². The van der Waals surface area contributed by atoms with Crippen LogP contribution in [0.5, 0.6) is 0 Å². The minimum absolute atomic E-state index is 0. The molecule has 5 aromatic rings. The van der Waals surface area contributed by atoms with E-state index in [4.69, 9.17) is 20.1 Å². The van der Waals surface area contributed by atoms with Gasteiger partial charge in [-0.2, -0.15) is 0 Å². The standard InChI is InChI=1S/C25H30BN2O4S.C19H26BNO2.C10H20.C2H6.CH3.ClH.Ir/c1-20-14-16-23(17-15-20)33(31,32)28-25(22-12-6-3-7-13-22)24(21-10-4-2-5-11-21)27-19-9-8-18-26(29)30;1-16(17-10-4-2-5-11-17)19(18-12-6-3-7-13-18)21-15-9-8-14-20(22)23;1-6-7(2)9(4)10(5)8(6)3;1-2;;;/h2-7,10-17,24-25,27,29-30H,8-9,18-19H2,1H3;2-7,10-13,16,19,21-23H,8-9,14-15H2,1H3;6-10H,1-5H3;1-2H3;1H3;1H;/q-1;;;;-1;;+3/p-1/t24-,25-;16-,19+;;;;;/m11...../s1. The Labute approximate surface area is 445 Å². The molecule has 392 valence electrons. The van der Waals surface area contributed by atoms with Crippen LogP contribution in [0.3, 0.4) is 0 Å². The van der Waals surface area contributed by atoms with Gasteiger partial charge in [0.15, 0.2) is 0 Å². The van der Waals surface area contributed by atoms with Crippen molar-refractivity contribution >= 4 is 33.8 Å². The summed E-state index contributed by atoms with van der Waals surface area (Å²) in [7, 11) is -1.78. The van der Waals surface area contributed by atoms with Crippen molar-refractivity contribution in [1.29, 1.82) is 0 Å². The first-order valence-electron chi connectivity index (χ1n) is 25.2. The Morgan fingerprint density at radius 1 is 0.535 bits per heavy atom. The van der Waals surface area contributed by atoms with Gasteiger partial charge >= 0.3 is 41.7 Å². The Hall–Kier alpha value is -3.16. The molecule has 5 aromatic carbocycles. The van der Waals surface area contributed by atoms with E-state index in [0.717, 1.165) is 65.7 Å². The quantitative estimate of drug-likeness (QED) is 0.0241. The maximum absolute atomic E-state index is 13.3. The van der Waals surface area contributed by atoms with Gasteiger partial charge in [-0.15, -0.1) is 0 Å². The molecule has 1 aliphatic carbocycles. The van der Waals surface area contributed by atoms with Crippen LogP contribution >= 0.6 is 9.58 Å². The molecule has 0 amide bonds. The molecule has 1 fully saturated rings. The number of rotatable bonds is 21. The van der Waals surface area contributed by atoms with Crippen LogP contribution in [0.25, 0.3) is 4.72 Å². The molecule has 1 aliphatic rings. The number of sulfonamides is 1. The number of nitrogens with one attached hydrogen (secondary N) is 2. The van der Waals surface area contributed by atoms with Crippen LogP contribution < -0.4 is 10.6 Å². The van der Waals surface area contributed by atoms with E-state index in [1.807, 2.05) is 93.6 Å². The van der Waals surface area contributed by atoms with E-state index in [1.165, 1.54) is 29.0 Å². The summed E-state index contributed by atoms with van der Waals surface area (Å²) in [5.74, 6) is 5.04. The average molecular weight is 1190 g/mol. The summed E-state index contributed by atoms with van der Waals surface area (Å²) in [6.07, 6.45) is 3.83. The Morgan fingerprint density at radius 3 is 1.23 bits per heavy atom. The van der Waals surface area contributed by atoms with Crippen molar-refractivity contribution < 1.29 is 46.4 Å². The van der Waals surface area contributed by atoms with Gasteiger partial charge in [0.25, 0.3) is 0 Å². The van der Waals surface area contributed by atoms with Crippen LogP contribution in [0.2, 0.25) is 12.6 Å². The molecule has 0 unspecified atom stereocenters. The first-order chi connectivity index (χ1) is 33.6. The number of nitrogens with zero attached hydrogens (tertiary/aromatic N) is 1. The van der Waals surface area contributed by atoms with Crippen LogP contribution in [0, 0.1) is 43.9 Å². The molecule has 0 aliphatic heterocycles. The van der Waals surface area contributed by atoms with E-state index in [9.17, 15) is 8.42 Å². The van der Waals surface area contributed by atoms with E-state index in [-0.39, 0.29) is 24.4 Å². The maximum atomic E-state index is 13.3. The van der Waals surface area contributed by atoms with Gasteiger partial charge in [-0.25, -0.2) is 8.42 Å². The number of hydrogen-bond acceptors (Lipinski definition) is 8. The van der Waals surface area contributed by atoms with E-state index in [0.29, 0.717) is 37.9 Å². The molecule has 0 radical (unpaired) electrons. The topological polar surface area (TPSA) is 153 Å². The normalized spacial score (nSPS) is 18.6. The molecular weight excluding hydrogens is 1100 g/mol. The van der Waals surface area contributed by atoms with Gasteiger partial charge in [-0.1, -0.05) is 219 Å². The molecule has 0 bridgehead atoms. The first-order valence-corrected chi connectivity index (χ1v) is 29.6. The molecule has 0 spiro atoms. The molecule has 1 saturated carbocycles. The molecule has 0 aromatic heterocycles. The summed E-state index contributed by atoms with van der Waals surface area (Å²) in [5, 5.41) is 43.1. The fourth-order valence-electron chi connectivity index (χ4n) is 8.96. The Balaban J connectivity index is 0.000000573. The van der Waals surface area contributed by atoms with E-state index < -0.39 is 30.3 Å². The zero-order valence-electron chi connectivity index (χ0n) is 44.0. The van der Waals surface area contributed by atoms with Crippen LogP contribution in [-0.2, 0) is 27.9 Å². The van der Waals surface area contributed by atoms with Gasteiger partial charge < -0.3 is 42.9 Å². The molecule has 0 heterocycles. The van der Waals surface area contributed by atoms with Gasteiger partial charge in [-0.05, 0) is 104 Å². The van der Waals surface area contributed by atoms with Gasteiger partial charge in [0.1, 0.15) is 10.0 Å². The second kappa shape index (κ2) is 36.7. The number of hydrogen-bond donors (Lipinski definition) is 6. The molecule has 71 heavy (non-hydrogen) atoms. The molecular formula is C57H85B2ClIrN3O6S. The van der Waals surface area contributed by atoms with Crippen molar-refractivity contribution in [3.8, 4) is 0 Å². The Morgan fingerprint density at radius 2 is 0.859 bits per heavy atom. The molecule has 14 heteroatoms. The third-order valence-electron chi connectivity index (χ3n) is 13.8. The van der Waals surface area contributed by atoms with E-state index in [2.05, 4.69) is 115 Å². The van der Waals surface area contributed by atoms with E-state index in [1.54, 1.807) is 24.3 Å². The fraction of sp³-hybridized carbons (Fsp3) is 0.456. The number of benzene rings is 5. The summed E-state index contributed by atoms with van der Waals surface area (Å²) in [4.78, 5) is 0.165. The van der Waals surface area contributed by atoms with Crippen molar-refractivity contribution in [2.24, 2.45) is 29.6 Å². The summed E-state index contributed by atoms with van der Waals surface area (Å²) < 4.78 is 30.9. The van der Waals surface area contributed by atoms with Crippen LogP contribution in [0.1, 0.15) is 133 Å². The van der Waals surface area contributed by atoms with Crippen molar-refractivity contribution in [3.05, 3.63) is 186 Å². The molecule has 9 nitrogen and oxygen atoms in total. The van der Waals surface area contributed by atoms with Crippen molar-refractivity contribution in [2.75, 3.05) is 13.1 Å². The summed E-state index contributed by atoms with van der Waals surface area (Å²) in [6, 6.07) is 46.0. The average Bonchev–Trinajstić information content (AvgIpc) is 3.55. The van der Waals surface area contributed by atoms with Crippen LogP contribution in [0.4, 0.5) is 0 Å². The number of aryl methyl sites for hydroxylation is 1. The van der Waals surface area contributed by atoms with Crippen molar-refractivity contribution in [2.45, 2.75) is 130 Å². The monoisotopic (exact) mass is 1190 g/mol. The minimum atomic E-state index is -3.91. The third-order valence-corrected chi connectivity index (χ3v) is 15.2. The van der Waals surface area contributed by atoms with Crippen molar-refractivity contribution in [3.63, 3.8) is 0 Å². The van der Waals surface area contributed by atoms with Crippen LogP contribution in [-0.4, -0.2) is 55.8 Å². The van der Waals surface area contributed by atoms with E-state index >= 15 is 0 Å². The zero-order valence-corrected chi connectivity index (χ0v) is 48.0. The van der Waals surface area contributed by atoms with Gasteiger partial charge in [0.05, 0.1) is 0 Å². The molecule has 6 N–H and O–H groups in total. The molecule has 0 saturated heterocycles. The molecule has 6 rings (SSSR count). The first kappa shape index (κ1) is 65.9. The van der Waals surface area contributed by atoms with Crippen molar-refractivity contribution in [1.82, 2.24) is 10.6 Å². The zero-order chi connectivity index (χ0) is 52.1. The second-order valence-corrected chi connectivity index (χ2v) is 20.0. The number of unbranched alkanes of at least 4 members (excludes halogenated alkanes) is 2. The summed E-state index contributed by atoms with van der Waals surface area (Å²) in [5.41, 5.74) is 5.30. The fourth-order valence-corrected chi connectivity index (χ4v) is 10.1. The molecule has 4 atom stereocenters. The Bertz CT molecular complexity index is 2130. The number of halogens is 1. The second-order valence-electron chi connectivity index (χ2n) is 18.4. The van der Waals surface area contributed by atoms with Gasteiger partial charge in [0, 0.05) is 22.9 Å². The Kier molecular flexibility index (Phi) is 34.0. The predicted octanol–water partition coefficient (Wildman–Crippen LogP) is 13.1. The van der Waals surface area contributed by atoms with Gasteiger partial charge in [-0.3, -0.25) is 0 Å². The SMILES string of the molecule is CC.CC1C(C)C(C)C(C)C1C.C[C@H](c1ccccc1)[C@H](NCCCCB(O)O)c1ccccc1.Cc1ccc(S(=O)(=O)[N-][C@H](c2ccccc2)[C@H](NCCCCB(O)O)c2ccccc2)cc1.[CH3-].[Cl][Ir+2]. The summed E-state index contributed by atoms with van der Waals surface area (Å²) >= 11 is 1.47. The predicted molar refractivity (Wildman–Crippen MR) is 298 cm³/mol. The third kappa shape index (κ3) is 23.3.